The quantitative estimate of drug-likeness (QED) is 0.539. The van der Waals surface area contributed by atoms with Crippen LogP contribution in [0.25, 0.3) is 21.5 Å². The van der Waals surface area contributed by atoms with Crippen LogP contribution in [0.5, 0.6) is 0 Å². The largest absolute Gasteiger partial charge is 0.384 e. The molecule has 0 atom stereocenters. The van der Waals surface area contributed by atoms with E-state index in [0.29, 0.717) is 0 Å². The molecule has 0 bridgehead atoms. The smallest absolute Gasteiger partial charge is 0.0690 e. The van der Waals surface area contributed by atoms with Crippen LogP contribution in [0, 0.1) is 0 Å². The van der Waals surface area contributed by atoms with E-state index in [0.717, 1.165) is 25.8 Å². The molecule has 3 rings (SSSR count). The van der Waals surface area contributed by atoms with Gasteiger partial charge < -0.3 is 10.1 Å². The lowest BCUT2D eigenvalue weighted by Crippen LogP contribution is -2.32. The molecular weight excluding hydrogens is 294 g/mol. The molecule has 0 saturated carbocycles. The van der Waals surface area contributed by atoms with Crippen LogP contribution < -0.4 is 5.32 Å². The second-order valence-electron chi connectivity index (χ2n) is 6.46. The zero-order valence-corrected chi connectivity index (χ0v) is 14.9. The Kier molecular flexibility index (Phi) is 5.06. The van der Waals surface area contributed by atoms with Gasteiger partial charge in [0.2, 0.25) is 0 Å². The summed E-state index contributed by atoms with van der Waals surface area (Å²) in [6, 6.07) is 19.5. The maximum atomic E-state index is 5.81. The molecule has 0 aliphatic carbocycles. The highest BCUT2D eigenvalue weighted by Gasteiger charge is 2.24. The first-order valence-electron chi connectivity index (χ1n) is 8.92. The van der Waals surface area contributed by atoms with E-state index in [-0.39, 0.29) is 5.60 Å². The van der Waals surface area contributed by atoms with Gasteiger partial charge in [-0.25, -0.2) is 0 Å². The molecule has 0 saturated heterocycles. The Balaban J connectivity index is 1.95. The lowest BCUT2D eigenvalue weighted by Gasteiger charge is -2.30. The minimum Gasteiger partial charge on any atom is -0.384 e. The number of ether oxygens (including phenoxy) is 1. The highest BCUT2D eigenvalue weighted by atomic mass is 16.5. The van der Waals surface area contributed by atoms with Gasteiger partial charge in [0.05, 0.1) is 5.60 Å². The van der Waals surface area contributed by atoms with Gasteiger partial charge in [0.15, 0.2) is 0 Å². The van der Waals surface area contributed by atoms with Crippen LogP contribution >= 0.6 is 0 Å². The van der Waals surface area contributed by atoms with Crippen LogP contribution in [0.4, 0.5) is 5.69 Å². The van der Waals surface area contributed by atoms with E-state index in [1.807, 2.05) is 7.11 Å². The molecule has 0 aliphatic heterocycles. The highest BCUT2D eigenvalue weighted by molar-refractivity contribution is 6.10. The van der Waals surface area contributed by atoms with Crippen molar-refractivity contribution in [2.24, 2.45) is 0 Å². The summed E-state index contributed by atoms with van der Waals surface area (Å²) in [5, 5.41) is 8.84. The van der Waals surface area contributed by atoms with Crippen molar-refractivity contribution in [1.82, 2.24) is 0 Å². The van der Waals surface area contributed by atoms with E-state index < -0.39 is 0 Å². The second kappa shape index (κ2) is 7.23. The van der Waals surface area contributed by atoms with Crippen LogP contribution in [0.2, 0.25) is 0 Å². The number of benzene rings is 3. The van der Waals surface area contributed by atoms with Crippen molar-refractivity contribution >= 4 is 27.2 Å². The number of hydrogen-bond donors (Lipinski definition) is 1. The fraction of sp³-hybridized carbons (Fsp3) is 0.364. The molecular formula is C22H27NO. The van der Waals surface area contributed by atoms with Crippen LogP contribution in [0.15, 0.2) is 54.6 Å². The summed E-state index contributed by atoms with van der Waals surface area (Å²) in [6.07, 6.45) is 3.09. The Morgan fingerprint density at radius 3 is 1.92 bits per heavy atom. The molecule has 0 heterocycles. The van der Waals surface area contributed by atoms with Gasteiger partial charge in [-0.1, -0.05) is 62.4 Å². The molecule has 0 amide bonds. The minimum absolute atomic E-state index is 0.0204. The molecule has 0 aliphatic rings. The number of anilines is 1. The molecule has 2 nitrogen and oxygen atoms in total. The Hall–Kier alpha value is -2.06. The summed E-state index contributed by atoms with van der Waals surface area (Å²) >= 11 is 0. The molecule has 0 spiro atoms. The lowest BCUT2D eigenvalue weighted by molar-refractivity contribution is -0.0208. The maximum Gasteiger partial charge on any atom is 0.0690 e. The van der Waals surface area contributed by atoms with E-state index in [1.165, 1.54) is 27.2 Å². The first-order valence-corrected chi connectivity index (χ1v) is 8.92. The number of rotatable bonds is 7. The lowest BCUT2D eigenvalue weighted by atomic mass is 9.93. The average Bonchev–Trinajstić information content (AvgIpc) is 2.65. The van der Waals surface area contributed by atoms with Crippen molar-refractivity contribution in [2.75, 3.05) is 19.0 Å². The number of hydrogen-bond acceptors (Lipinski definition) is 2. The van der Waals surface area contributed by atoms with Gasteiger partial charge in [0.1, 0.15) is 0 Å². The summed E-state index contributed by atoms with van der Waals surface area (Å²) in [6.45, 7) is 5.33. The molecule has 3 aromatic carbocycles. The molecule has 0 aromatic heterocycles. The third-order valence-corrected chi connectivity index (χ3v) is 5.38. The predicted molar refractivity (Wildman–Crippen MR) is 105 cm³/mol. The van der Waals surface area contributed by atoms with Crippen LogP contribution in [-0.2, 0) is 4.74 Å². The van der Waals surface area contributed by atoms with Gasteiger partial charge >= 0.3 is 0 Å². The van der Waals surface area contributed by atoms with Crippen molar-refractivity contribution in [3.63, 3.8) is 0 Å². The van der Waals surface area contributed by atoms with Gasteiger partial charge in [-0.3, -0.25) is 0 Å². The van der Waals surface area contributed by atoms with Gasteiger partial charge in [0.25, 0.3) is 0 Å². The van der Waals surface area contributed by atoms with E-state index in [4.69, 9.17) is 4.74 Å². The van der Waals surface area contributed by atoms with Crippen LogP contribution in [0.3, 0.4) is 0 Å². The van der Waals surface area contributed by atoms with Crippen molar-refractivity contribution < 1.29 is 4.74 Å². The normalized spacial score (nSPS) is 12.0. The van der Waals surface area contributed by atoms with Crippen molar-refractivity contribution in [3.8, 4) is 0 Å². The predicted octanol–water partition coefficient (Wildman–Crippen LogP) is 6.00. The van der Waals surface area contributed by atoms with Crippen LogP contribution in [-0.4, -0.2) is 19.3 Å². The molecule has 24 heavy (non-hydrogen) atoms. The van der Waals surface area contributed by atoms with Gasteiger partial charge in [0, 0.05) is 30.1 Å². The minimum atomic E-state index is -0.0204. The molecule has 0 radical (unpaired) electrons. The number of nitrogens with one attached hydrogen (secondary N) is 1. The van der Waals surface area contributed by atoms with E-state index in [2.05, 4.69) is 73.8 Å². The van der Waals surface area contributed by atoms with Gasteiger partial charge in [-0.2, -0.15) is 0 Å². The molecule has 2 heteroatoms. The van der Waals surface area contributed by atoms with Crippen LogP contribution in [0.1, 0.15) is 33.1 Å². The Morgan fingerprint density at radius 1 is 0.875 bits per heavy atom. The molecule has 3 aromatic rings. The number of methoxy groups -OCH3 is 1. The van der Waals surface area contributed by atoms with E-state index in [9.17, 15) is 0 Å². The first-order chi connectivity index (χ1) is 11.7. The fourth-order valence-corrected chi connectivity index (χ4v) is 3.61. The standard InChI is InChI=1S/C22H27NO/c1-4-22(5-2,24-3)14-15-23-21-19-12-8-6-10-17(19)16-18-11-7-9-13-20(18)21/h6-13,16,23H,4-5,14-15H2,1-3H3. The van der Waals surface area contributed by atoms with Crippen molar-refractivity contribution in [1.29, 1.82) is 0 Å². The molecule has 126 valence electrons. The monoisotopic (exact) mass is 321 g/mol. The average molecular weight is 321 g/mol. The second-order valence-corrected chi connectivity index (χ2v) is 6.46. The summed E-state index contributed by atoms with van der Waals surface area (Å²) in [4.78, 5) is 0. The van der Waals surface area contributed by atoms with E-state index in [1.54, 1.807) is 0 Å². The van der Waals surface area contributed by atoms with E-state index >= 15 is 0 Å². The highest BCUT2D eigenvalue weighted by Crippen LogP contribution is 2.33. The van der Waals surface area contributed by atoms with Gasteiger partial charge in [-0.05, 0) is 36.1 Å². The zero-order chi connectivity index (χ0) is 17.0. The SMILES string of the molecule is CCC(CC)(CCNc1c2ccccc2cc2ccccc12)OC. The third-order valence-electron chi connectivity index (χ3n) is 5.38. The number of fused-ring (bicyclic) bond motifs is 2. The fourth-order valence-electron chi connectivity index (χ4n) is 3.61. The summed E-state index contributed by atoms with van der Waals surface area (Å²) in [5.74, 6) is 0. The van der Waals surface area contributed by atoms with Crippen molar-refractivity contribution in [2.45, 2.75) is 38.7 Å². The molecule has 0 fully saturated rings. The Labute approximate surface area is 144 Å². The topological polar surface area (TPSA) is 21.3 Å². The summed E-state index contributed by atoms with van der Waals surface area (Å²) in [7, 11) is 1.83. The van der Waals surface area contributed by atoms with Crippen molar-refractivity contribution in [3.05, 3.63) is 54.6 Å². The Morgan fingerprint density at radius 2 is 1.42 bits per heavy atom. The zero-order valence-electron chi connectivity index (χ0n) is 14.9. The maximum absolute atomic E-state index is 5.81. The van der Waals surface area contributed by atoms with Gasteiger partial charge in [-0.15, -0.1) is 0 Å². The Bertz CT molecular complexity index is 758. The molecule has 1 N–H and O–H groups in total. The third kappa shape index (κ3) is 3.11. The summed E-state index contributed by atoms with van der Waals surface area (Å²) in [5.41, 5.74) is 1.22. The molecule has 0 unspecified atom stereocenters. The summed E-state index contributed by atoms with van der Waals surface area (Å²) < 4.78 is 5.81. The first kappa shape index (κ1) is 16.8.